The van der Waals surface area contributed by atoms with Crippen LogP contribution in [-0.2, 0) is 10.2 Å². The Morgan fingerprint density at radius 2 is 2.00 bits per heavy atom. The van der Waals surface area contributed by atoms with Gasteiger partial charge in [0.1, 0.15) is 5.82 Å². The SMILES string of the molecule is C=CCC1(CC=C)C(=O)Nc2cc3[nH]c(-c4cccnc4)nc3cc21. The number of anilines is 1. The first kappa shape index (κ1) is 15.3. The summed E-state index contributed by atoms with van der Waals surface area (Å²) in [5.74, 6) is 0.749. The van der Waals surface area contributed by atoms with Gasteiger partial charge < -0.3 is 10.3 Å². The van der Waals surface area contributed by atoms with Crippen LogP contribution in [-0.4, -0.2) is 20.9 Å². The Hall–Kier alpha value is -3.21. The van der Waals surface area contributed by atoms with Crippen molar-refractivity contribution >= 4 is 22.6 Å². The Balaban J connectivity index is 1.88. The van der Waals surface area contributed by atoms with Crippen LogP contribution in [0.3, 0.4) is 0 Å². The van der Waals surface area contributed by atoms with Crippen LogP contribution >= 0.6 is 0 Å². The van der Waals surface area contributed by atoms with Crippen molar-refractivity contribution < 1.29 is 4.79 Å². The fraction of sp³-hybridized carbons (Fsp3) is 0.150. The maximum absolute atomic E-state index is 12.7. The van der Waals surface area contributed by atoms with E-state index in [1.807, 2.05) is 24.3 Å². The standard InChI is InChI=1S/C20H18N4O/c1-3-7-20(8-4-2)14-10-16-17(11-15(14)24-19(20)25)23-18(22-16)13-6-5-9-21-12-13/h3-6,9-12H,1-2,7-8H2,(H,22,23)(H,24,25). The molecular formula is C20H18N4O. The Morgan fingerprint density at radius 3 is 2.68 bits per heavy atom. The molecule has 0 aliphatic carbocycles. The molecule has 4 rings (SSSR count). The zero-order valence-electron chi connectivity index (χ0n) is 13.7. The van der Waals surface area contributed by atoms with Crippen molar-refractivity contribution in [3.8, 4) is 11.4 Å². The molecule has 1 aliphatic rings. The van der Waals surface area contributed by atoms with Crippen molar-refractivity contribution in [2.75, 3.05) is 5.32 Å². The van der Waals surface area contributed by atoms with Gasteiger partial charge >= 0.3 is 0 Å². The third-order valence-corrected chi connectivity index (χ3v) is 4.74. The van der Waals surface area contributed by atoms with Crippen LogP contribution in [0.15, 0.2) is 62.0 Å². The smallest absolute Gasteiger partial charge is 0.235 e. The van der Waals surface area contributed by atoms with Gasteiger partial charge in [-0.05, 0) is 42.7 Å². The monoisotopic (exact) mass is 330 g/mol. The quantitative estimate of drug-likeness (QED) is 0.696. The lowest BCUT2D eigenvalue weighted by molar-refractivity contribution is -0.120. The van der Waals surface area contributed by atoms with E-state index < -0.39 is 5.41 Å². The maximum Gasteiger partial charge on any atom is 0.235 e. The number of benzene rings is 1. The zero-order chi connectivity index (χ0) is 17.4. The van der Waals surface area contributed by atoms with E-state index in [9.17, 15) is 4.79 Å². The molecule has 1 amide bonds. The molecule has 5 heteroatoms. The van der Waals surface area contributed by atoms with Gasteiger partial charge in [0.05, 0.1) is 16.4 Å². The molecular weight excluding hydrogens is 312 g/mol. The second kappa shape index (κ2) is 5.70. The molecule has 1 aliphatic heterocycles. The predicted octanol–water partition coefficient (Wildman–Crippen LogP) is 3.97. The summed E-state index contributed by atoms with van der Waals surface area (Å²) in [6.45, 7) is 7.64. The van der Waals surface area contributed by atoms with Gasteiger partial charge in [-0.2, -0.15) is 0 Å². The normalized spacial score (nSPS) is 15.0. The number of nitrogens with zero attached hydrogens (tertiary/aromatic N) is 2. The summed E-state index contributed by atoms with van der Waals surface area (Å²) in [6, 6.07) is 7.77. The molecule has 124 valence electrons. The predicted molar refractivity (Wildman–Crippen MR) is 99.3 cm³/mol. The van der Waals surface area contributed by atoms with Gasteiger partial charge in [-0.1, -0.05) is 12.2 Å². The minimum atomic E-state index is -0.652. The van der Waals surface area contributed by atoms with E-state index in [1.54, 1.807) is 24.5 Å². The first-order valence-electron chi connectivity index (χ1n) is 8.16. The van der Waals surface area contributed by atoms with E-state index in [0.29, 0.717) is 12.8 Å². The lowest BCUT2D eigenvalue weighted by atomic mass is 9.76. The fourth-order valence-corrected chi connectivity index (χ4v) is 3.54. The summed E-state index contributed by atoms with van der Waals surface area (Å²) in [5.41, 5.74) is 3.75. The van der Waals surface area contributed by atoms with Crippen LogP contribution in [0.5, 0.6) is 0 Å². The number of hydrogen-bond donors (Lipinski definition) is 2. The van der Waals surface area contributed by atoms with Crippen molar-refractivity contribution in [3.63, 3.8) is 0 Å². The van der Waals surface area contributed by atoms with E-state index >= 15 is 0 Å². The average Bonchev–Trinajstić information content (AvgIpc) is 3.14. The van der Waals surface area contributed by atoms with E-state index in [1.165, 1.54) is 0 Å². The Bertz CT molecular complexity index is 978. The first-order valence-corrected chi connectivity index (χ1v) is 8.16. The van der Waals surface area contributed by atoms with Gasteiger partial charge in [0.15, 0.2) is 0 Å². The Morgan fingerprint density at radius 1 is 1.20 bits per heavy atom. The third kappa shape index (κ3) is 2.28. The van der Waals surface area contributed by atoms with Crippen molar-refractivity contribution in [3.05, 3.63) is 67.5 Å². The lowest BCUT2D eigenvalue weighted by Gasteiger charge is -2.24. The fourth-order valence-electron chi connectivity index (χ4n) is 3.54. The third-order valence-electron chi connectivity index (χ3n) is 4.74. The number of fused-ring (bicyclic) bond motifs is 2. The topological polar surface area (TPSA) is 70.7 Å². The van der Waals surface area contributed by atoms with Crippen LogP contribution in [0, 0.1) is 0 Å². The number of carbonyl (C=O) groups is 1. The molecule has 2 aromatic heterocycles. The van der Waals surface area contributed by atoms with Crippen LogP contribution in [0.1, 0.15) is 18.4 Å². The second-order valence-corrected chi connectivity index (χ2v) is 6.26. The number of nitrogens with one attached hydrogen (secondary N) is 2. The van der Waals surface area contributed by atoms with Crippen LogP contribution in [0.25, 0.3) is 22.4 Å². The molecule has 1 aromatic carbocycles. The number of rotatable bonds is 5. The molecule has 5 nitrogen and oxygen atoms in total. The Labute approximate surface area is 145 Å². The van der Waals surface area contributed by atoms with Crippen LogP contribution in [0.2, 0.25) is 0 Å². The number of H-pyrrole nitrogens is 1. The number of imidazole rings is 1. The van der Waals surface area contributed by atoms with E-state index in [-0.39, 0.29) is 5.91 Å². The summed E-state index contributed by atoms with van der Waals surface area (Å²) >= 11 is 0. The van der Waals surface area contributed by atoms with Gasteiger partial charge in [-0.3, -0.25) is 9.78 Å². The molecule has 0 bridgehead atoms. The Kier molecular flexibility index (Phi) is 3.50. The number of aromatic nitrogens is 3. The highest BCUT2D eigenvalue weighted by Gasteiger charge is 2.45. The molecule has 0 unspecified atom stereocenters. The number of allylic oxidation sites excluding steroid dienone is 2. The molecule has 3 aromatic rings. The highest BCUT2D eigenvalue weighted by Crippen LogP contribution is 2.45. The molecule has 0 saturated heterocycles. The molecule has 25 heavy (non-hydrogen) atoms. The average molecular weight is 330 g/mol. The molecule has 2 N–H and O–H groups in total. The lowest BCUT2D eigenvalue weighted by Crippen LogP contribution is -2.33. The molecule has 0 saturated carbocycles. The van der Waals surface area contributed by atoms with E-state index in [2.05, 4.69) is 33.4 Å². The molecule has 0 atom stereocenters. The van der Waals surface area contributed by atoms with E-state index in [0.717, 1.165) is 33.7 Å². The molecule has 3 heterocycles. The van der Waals surface area contributed by atoms with E-state index in [4.69, 9.17) is 0 Å². The summed E-state index contributed by atoms with van der Waals surface area (Å²) in [7, 11) is 0. The van der Waals surface area contributed by atoms with Gasteiger partial charge in [0.2, 0.25) is 5.91 Å². The minimum absolute atomic E-state index is 0.0116. The highest BCUT2D eigenvalue weighted by atomic mass is 16.2. The van der Waals surface area contributed by atoms with Gasteiger partial charge in [0.25, 0.3) is 0 Å². The second-order valence-electron chi connectivity index (χ2n) is 6.26. The van der Waals surface area contributed by atoms with Gasteiger partial charge in [-0.15, -0.1) is 13.2 Å². The summed E-state index contributed by atoms with van der Waals surface area (Å²) < 4.78 is 0. The van der Waals surface area contributed by atoms with Gasteiger partial charge in [0, 0.05) is 23.6 Å². The summed E-state index contributed by atoms with van der Waals surface area (Å²) in [6.07, 6.45) is 8.19. The van der Waals surface area contributed by atoms with Crippen molar-refractivity contribution in [1.82, 2.24) is 15.0 Å². The largest absolute Gasteiger partial charge is 0.338 e. The number of aromatic amines is 1. The summed E-state index contributed by atoms with van der Waals surface area (Å²) in [4.78, 5) is 24.8. The number of amides is 1. The number of pyridine rings is 1. The molecule has 0 spiro atoms. The van der Waals surface area contributed by atoms with Gasteiger partial charge in [-0.25, -0.2) is 4.98 Å². The summed E-state index contributed by atoms with van der Waals surface area (Å²) in [5, 5.41) is 3.00. The number of carbonyl (C=O) groups excluding carboxylic acids is 1. The van der Waals surface area contributed by atoms with Crippen LogP contribution < -0.4 is 5.32 Å². The first-order chi connectivity index (χ1) is 12.2. The molecule has 0 fully saturated rings. The zero-order valence-corrected chi connectivity index (χ0v) is 13.7. The molecule has 0 radical (unpaired) electrons. The van der Waals surface area contributed by atoms with Crippen molar-refractivity contribution in [1.29, 1.82) is 0 Å². The number of hydrogen-bond acceptors (Lipinski definition) is 3. The highest BCUT2D eigenvalue weighted by molar-refractivity contribution is 6.08. The van der Waals surface area contributed by atoms with Crippen LogP contribution in [0.4, 0.5) is 5.69 Å². The maximum atomic E-state index is 12.7. The van der Waals surface area contributed by atoms with Crippen molar-refractivity contribution in [2.45, 2.75) is 18.3 Å². The minimum Gasteiger partial charge on any atom is -0.338 e. The van der Waals surface area contributed by atoms with Crippen molar-refractivity contribution in [2.24, 2.45) is 0 Å².